The normalized spacial score (nSPS) is 9.65. The Bertz CT molecular complexity index is 738. The van der Waals surface area contributed by atoms with Crippen molar-refractivity contribution in [2.45, 2.75) is 13.1 Å². The molecule has 2 rings (SSSR count). The van der Waals surface area contributed by atoms with E-state index in [0.717, 1.165) is 34.6 Å². The standard InChI is InChI=1S/C16H18BrNO2.C2H2O4/c1-19-15-8-4-6-13(16(15)20-2)11-18-10-12-5-3-7-14(17)9-12;3-1(4)2(5)6/h3-9,18H,10-11H2,1-2H3;(H,3,4)(H,5,6). The van der Waals surface area contributed by atoms with Crippen molar-refractivity contribution in [3.05, 3.63) is 58.1 Å². The molecule has 0 aliphatic rings. The fourth-order valence-corrected chi connectivity index (χ4v) is 2.53. The molecule has 0 spiro atoms. The van der Waals surface area contributed by atoms with E-state index in [1.54, 1.807) is 14.2 Å². The van der Waals surface area contributed by atoms with Gasteiger partial charge < -0.3 is 25.0 Å². The molecule has 0 saturated heterocycles. The zero-order valence-corrected chi connectivity index (χ0v) is 15.9. The minimum Gasteiger partial charge on any atom is -0.493 e. The van der Waals surface area contributed by atoms with Crippen LogP contribution in [0.2, 0.25) is 0 Å². The van der Waals surface area contributed by atoms with Crippen LogP contribution in [-0.2, 0) is 22.7 Å². The van der Waals surface area contributed by atoms with Crippen LogP contribution >= 0.6 is 15.9 Å². The number of nitrogens with one attached hydrogen (secondary N) is 1. The summed E-state index contributed by atoms with van der Waals surface area (Å²) in [6.07, 6.45) is 0. The summed E-state index contributed by atoms with van der Waals surface area (Å²) in [4.78, 5) is 18.2. The van der Waals surface area contributed by atoms with Crippen molar-refractivity contribution in [3.63, 3.8) is 0 Å². The molecule has 0 bridgehead atoms. The van der Waals surface area contributed by atoms with E-state index in [4.69, 9.17) is 29.3 Å². The number of benzene rings is 2. The lowest BCUT2D eigenvalue weighted by Crippen LogP contribution is -2.13. The number of hydrogen-bond donors (Lipinski definition) is 3. The Hall–Kier alpha value is -2.58. The summed E-state index contributed by atoms with van der Waals surface area (Å²) < 4.78 is 11.8. The second-order valence-corrected chi connectivity index (χ2v) is 5.91. The molecular formula is C18H20BrNO6. The first kappa shape index (κ1) is 21.5. The fourth-order valence-electron chi connectivity index (χ4n) is 2.08. The molecule has 0 fully saturated rings. The molecular weight excluding hydrogens is 406 g/mol. The van der Waals surface area contributed by atoms with E-state index in [0.29, 0.717) is 0 Å². The molecule has 140 valence electrons. The number of halogens is 1. The van der Waals surface area contributed by atoms with Gasteiger partial charge in [-0.15, -0.1) is 0 Å². The molecule has 7 nitrogen and oxygen atoms in total. The maximum absolute atomic E-state index is 9.10. The molecule has 8 heteroatoms. The van der Waals surface area contributed by atoms with Gasteiger partial charge in [-0.25, -0.2) is 9.59 Å². The predicted molar refractivity (Wildman–Crippen MR) is 99.5 cm³/mol. The van der Waals surface area contributed by atoms with Gasteiger partial charge in [-0.05, 0) is 23.8 Å². The van der Waals surface area contributed by atoms with Gasteiger partial charge in [0.25, 0.3) is 0 Å². The summed E-state index contributed by atoms with van der Waals surface area (Å²) in [5, 5.41) is 18.2. The third kappa shape index (κ3) is 7.12. The lowest BCUT2D eigenvalue weighted by atomic mass is 10.1. The second-order valence-electron chi connectivity index (χ2n) is 5.00. The van der Waals surface area contributed by atoms with Crippen molar-refractivity contribution in [1.82, 2.24) is 5.32 Å². The number of carboxylic acid groups (broad SMARTS) is 2. The minimum atomic E-state index is -1.82. The Morgan fingerprint density at radius 1 is 1.00 bits per heavy atom. The van der Waals surface area contributed by atoms with Crippen molar-refractivity contribution in [3.8, 4) is 11.5 Å². The molecule has 2 aromatic carbocycles. The molecule has 0 aromatic heterocycles. The summed E-state index contributed by atoms with van der Waals surface area (Å²) in [6, 6.07) is 14.2. The van der Waals surface area contributed by atoms with Gasteiger partial charge in [-0.2, -0.15) is 0 Å². The lowest BCUT2D eigenvalue weighted by molar-refractivity contribution is -0.159. The molecule has 0 saturated carbocycles. The van der Waals surface area contributed by atoms with Gasteiger partial charge in [0.1, 0.15) is 0 Å². The van der Waals surface area contributed by atoms with Gasteiger partial charge in [-0.3, -0.25) is 0 Å². The molecule has 0 unspecified atom stereocenters. The number of carboxylic acids is 2. The largest absolute Gasteiger partial charge is 0.493 e. The molecule has 0 aliphatic carbocycles. The highest BCUT2D eigenvalue weighted by molar-refractivity contribution is 9.10. The third-order valence-electron chi connectivity index (χ3n) is 3.20. The second kappa shape index (κ2) is 11.1. The number of ether oxygens (including phenoxy) is 2. The van der Waals surface area contributed by atoms with Crippen LogP contribution in [0.25, 0.3) is 0 Å². The van der Waals surface area contributed by atoms with Gasteiger partial charge >= 0.3 is 11.9 Å². The molecule has 0 radical (unpaired) electrons. The average molecular weight is 426 g/mol. The van der Waals surface area contributed by atoms with Crippen molar-refractivity contribution < 1.29 is 29.3 Å². The first-order chi connectivity index (χ1) is 12.4. The zero-order chi connectivity index (χ0) is 19.5. The first-order valence-electron chi connectivity index (χ1n) is 7.50. The number of rotatable bonds is 6. The van der Waals surface area contributed by atoms with Gasteiger partial charge in [0.2, 0.25) is 0 Å². The highest BCUT2D eigenvalue weighted by Crippen LogP contribution is 2.30. The molecule has 0 amide bonds. The topological polar surface area (TPSA) is 105 Å². The number of carbonyl (C=O) groups is 2. The number of methoxy groups -OCH3 is 2. The highest BCUT2D eigenvalue weighted by atomic mass is 79.9. The molecule has 2 aromatic rings. The van der Waals surface area contributed by atoms with E-state index in [1.807, 2.05) is 30.3 Å². The minimum absolute atomic E-state index is 0.729. The van der Waals surface area contributed by atoms with E-state index in [2.05, 4.69) is 33.4 Å². The van der Waals surface area contributed by atoms with Gasteiger partial charge in [0.15, 0.2) is 11.5 Å². The van der Waals surface area contributed by atoms with Gasteiger partial charge in [0, 0.05) is 23.1 Å². The summed E-state index contributed by atoms with van der Waals surface area (Å²) in [5.74, 6) is -2.10. The fraction of sp³-hybridized carbons (Fsp3) is 0.222. The van der Waals surface area contributed by atoms with Crippen LogP contribution in [0.5, 0.6) is 11.5 Å². The number of hydrogen-bond acceptors (Lipinski definition) is 5. The molecule has 0 aliphatic heterocycles. The molecule has 26 heavy (non-hydrogen) atoms. The average Bonchev–Trinajstić information content (AvgIpc) is 2.62. The van der Waals surface area contributed by atoms with Crippen LogP contribution in [-0.4, -0.2) is 36.4 Å². The molecule has 0 atom stereocenters. The van der Waals surface area contributed by atoms with Crippen LogP contribution in [0.3, 0.4) is 0 Å². The van der Waals surface area contributed by atoms with Crippen molar-refractivity contribution in [2.75, 3.05) is 14.2 Å². The molecule has 0 heterocycles. The van der Waals surface area contributed by atoms with Crippen LogP contribution in [0.4, 0.5) is 0 Å². The van der Waals surface area contributed by atoms with Crippen LogP contribution in [0.15, 0.2) is 46.9 Å². The summed E-state index contributed by atoms with van der Waals surface area (Å²) >= 11 is 3.48. The summed E-state index contributed by atoms with van der Waals surface area (Å²) in [7, 11) is 3.31. The summed E-state index contributed by atoms with van der Waals surface area (Å²) in [5.41, 5.74) is 2.32. The van der Waals surface area contributed by atoms with E-state index in [1.165, 1.54) is 5.56 Å². The monoisotopic (exact) mass is 425 g/mol. The first-order valence-corrected chi connectivity index (χ1v) is 8.29. The highest BCUT2D eigenvalue weighted by Gasteiger charge is 2.08. The van der Waals surface area contributed by atoms with E-state index in [9.17, 15) is 0 Å². The Kier molecular flexibility index (Phi) is 9.18. The quantitative estimate of drug-likeness (QED) is 0.610. The van der Waals surface area contributed by atoms with Crippen molar-refractivity contribution in [2.24, 2.45) is 0 Å². The summed E-state index contributed by atoms with van der Waals surface area (Å²) in [6.45, 7) is 1.53. The number of para-hydroxylation sites is 1. The lowest BCUT2D eigenvalue weighted by Gasteiger charge is -2.13. The van der Waals surface area contributed by atoms with E-state index in [-0.39, 0.29) is 0 Å². The smallest absolute Gasteiger partial charge is 0.414 e. The maximum atomic E-state index is 9.10. The van der Waals surface area contributed by atoms with Crippen LogP contribution in [0, 0.1) is 0 Å². The van der Waals surface area contributed by atoms with Crippen LogP contribution < -0.4 is 14.8 Å². The van der Waals surface area contributed by atoms with Gasteiger partial charge in [-0.1, -0.05) is 40.2 Å². The van der Waals surface area contributed by atoms with E-state index < -0.39 is 11.9 Å². The predicted octanol–water partition coefficient (Wildman–Crippen LogP) is 2.91. The Morgan fingerprint density at radius 3 is 2.19 bits per heavy atom. The van der Waals surface area contributed by atoms with Crippen LogP contribution in [0.1, 0.15) is 11.1 Å². The Labute approximate surface area is 159 Å². The zero-order valence-electron chi connectivity index (χ0n) is 14.4. The number of aliphatic carboxylic acids is 2. The Morgan fingerprint density at radius 2 is 1.65 bits per heavy atom. The molecule has 3 N–H and O–H groups in total. The van der Waals surface area contributed by atoms with E-state index >= 15 is 0 Å². The Balaban J connectivity index is 0.000000487. The SMILES string of the molecule is COc1cccc(CNCc2cccc(Br)c2)c1OC.O=C(O)C(=O)O. The van der Waals surface area contributed by atoms with Gasteiger partial charge in [0.05, 0.1) is 14.2 Å². The van der Waals surface area contributed by atoms with Crippen molar-refractivity contribution in [1.29, 1.82) is 0 Å². The van der Waals surface area contributed by atoms with Crippen molar-refractivity contribution >= 4 is 27.9 Å². The third-order valence-corrected chi connectivity index (χ3v) is 3.69. The maximum Gasteiger partial charge on any atom is 0.414 e.